The van der Waals surface area contributed by atoms with Crippen molar-refractivity contribution in [2.24, 2.45) is 7.05 Å². The zero-order valence-electron chi connectivity index (χ0n) is 18.7. The number of hydrogen-bond acceptors (Lipinski definition) is 4. The van der Waals surface area contributed by atoms with E-state index in [0.717, 1.165) is 11.1 Å². The van der Waals surface area contributed by atoms with Crippen LogP contribution in [0.15, 0.2) is 83.7 Å². The number of ether oxygens (including phenoxy) is 1. The van der Waals surface area contributed by atoms with Gasteiger partial charge in [0.05, 0.1) is 0 Å². The number of nitrogens with one attached hydrogen (secondary N) is 1. The van der Waals surface area contributed by atoms with E-state index in [1.165, 1.54) is 18.5 Å². The monoisotopic (exact) mass is 440 g/mol. The molecule has 166 valence electrons. The van der Waals surface area contributed by atoms with Gasteiger partial charge >= 0.3 is 5.97 Å². The number of pyridine rings is 1. The number of carbonyl (C=O) groups is 2. The molecule has 0 fully saturated rings. The maximum absolute atomic E-state index is 13.3. The molecule has 0 aliphatic carbocycles. The molecule has 4 rings (SSSR count). The number of anilines is 1. The second-order valence-electron chi connectivity index (χ2n) is 7.91. The molecule has 6 nitrogen and oxygen atoms in total. The molecule has 0 bridgehead atoms. The summed E-state index contributed by atoms with van der Waals surface area (Å²) >= 11 is 0. The Labute approximate surface area is 191 Å². The predicted molar refractivity (Wildman–Crippen MR) is 129 cm³/mol. The highest BCUT2D eigenvalue weighted by Crippen LogP contribution is 2.31. The summed E-state index contributed by atoms with van der Waals surface area (Å²) in [5.74, 6) is -1.20. The fraction of sp³-hybridized carbons (Fsp3) is 0.148. The summed E-state index contributed by atoms with van der Waals surface area (Å²) in [5, 5.41) is 3.91. The SMILES string of the molecule is Cc1cccc(NC(=O)C(C)OC(=O)c2c(-c3ccccc3)c3ccccc3c(=O)n2C)c1. The van der Waals surface area contributed by atoms with Gasteiger partial charge in [0.2, 0.25) is 0 Å². The van der Waals surface area contributed by atoms with E-state index < -0.39 is 18.0 Å². The van der Waals surface area contributed by atoms with Crippen molar-refractivity contribution in [1.29, 1.82) is 0 Å². The van der Waals surface area contributed by atoms with Gasteiger partial charge in [-0.15, -0.1) is 0 Å². The Morgan fingerprint density at radius 2 is 1.58 bits per heavy atom. The maximum Gasteiger partial charge on any atom is 0.356 e. The van der Waals surface area contributed by atoms with Crippen LogP contribution in [0, 0.1) is 6.92 Å². The van der Waals surface area contributed by atoms with Crippen molar-refractivity contribution in [3.05, 3.63) is 100 Å². The van der Waals surface area contributed by atoms with Crippen molar-refractivity contribution in [3.8, 4) is 11.1 Å². The number of nitrogens with zero attached hydrogens (tertiary/aromatic N) is 1. The minimum absolute atomic E-state index is 0.0973. The van der Waals surface area contributed by atoms with Crippen molar-refractivity contribution in [2.75, 3.05) is 5.32 Å². The molecule has 4 aromatic rings. The Kier molecular flexibility index (Phi) is 6.09. The molecule has 0 spiro atoms. The highest BCUT2D eigenvalue weighted by molar-refractivity contribution is 6.07. The summed E-state index contributed by atoms with van der Waals surface area (Å²) in [6, 6.07) is 23.8. The highest BCUT2D eigenvalue weighted by atomic mass is 16.5. The van der Waals surface area contributed by atoms with Crippen LogP contribution in [-0.2, 0) is 16.6 Å². The highest BCUT2D eigenvalue weighted by Gasteiger charge is 2.26. The number of aryl methyl sites for hydroxylation is 1. The van der Waals surface area contributed by atoms with Crippen molar-refractivity contribution in [1.82, 2.24) is 4.57 Å². The number of aromatic nitrogens is 1. The van der Waals surface area contributed by atoms with E-state index in [-0.39, 0.29) is 11.3 Å². The number of benzene rings is 3. The van der Waals surface area contributed by atoms with Crippen LogP contribution in [0.3, 0.4) is 0 Å². The fourth-order valence-electron chi connectivity index (χ4n) is 3.84. The zero-order valence-corrected chi connectivity index (χ0v) is 18.7. The van der Waals surface area contributed by atoms with Gasteiger partial charge in [0.25, 0.3) is 11.5 Å². The molecule has 1 N–H and O–H groups in total. The topological polar surface area (TPSA) is 77.4 Å². The summed E-state index contributed by atoms with van der Waals surface area (Å²) in [6.45, 7) is 3.43. The summed E-state index contributed by atoms with van der Waals surface area (Å²) in [5.41, 5.74) is 2.76. The van der Waals surface area contributed by atoms with E-state index in [2.05, 4.69) is 5.32 Å². The molecule has 33 heavy (non-hydrogen) atoms. The van der Waals surface area contributed by atoms with Crippen LogP contribution in [0.5, 0.6) is 0 Å². The van der Waals surface area contributed by atoms with Gasteiger partial charge in [0, 0.05) is 23.7 Å². The first-order valence-electron chi connectivity index (χ1n) is 10.6. The Morgan fingerprint density at radius 1 is 0.909 bits per heavy atom. The maximum atomic E-state index is 13.3. The number of fused-ring (bicyclic) bond motifs is 1. The lowest BCUT2D eigenvalue weighted by Crippen LogP contribution is -2.32. The van der Waals surface area contributed by atoms with Gasteiger partial charge in [-0.3, -0.25) is 9.59 Å². The van der Waals surface area contributed by atoms with Crippen LogP contribution in [0.25, 0.3) is 21.9 Å². The minimum atomic E-state index is -1.07. The van der Waals surface area contributed by atoms with Crippen molar-refractivity contribution >= 4 is 28.3 Å². The summed E-state index contributed by atoms with van der Waals surface area (Å²) < 4.78 is 6.83. The second-order valence-corrected chi connectivity index (χ2v) is 7.91. The van der Waals surface area contributed by atoms with Crippen LogP contribution < -0.4 is 10.9 Å². The van der Waals surface area contributed by atoms with Crippen molar-refractivity contribution < 1.29 is 14.3 Å². The van der Waals surface area contributed by atoms with Crippen LogP contribution in [0.2, 0.25) is 0 Å². The van der Waals surface area contributed by atoms with E-state index in [1.807, 2.05) is 67.6 Å². The van der Waals surface area contributed by atoms with Gasteiger partial charge in [-0.2, -0.15) is 0 Å². The largest absolute Gasteiger partial charge is 0.448 e. The Bertz CT molecular complexity index is 1410. The normalized spacial score (nSPS) is 11.7. The number of carbonyl (C=O) groups excluding carboxylic acids is 2. The fourth-order valence-corrected chi connectivity index (χ4v) is 3.84. The molecule has 0 saturated heterocycles. The molecule has 1 heterocycles. The van der Waals surface area contributed by atoms with Crippen LogP contribution >= 0.6 is 0 Å². The van der Waals surface area contributed by atoms with E-state index in [0.29, 0.717) is 22.0 Å². The quantitative estimate of drug-likeness (QED) is 0.457. The Hall–Kier alpha value is -4.19. The lowest BCUT2D eigenvalue weighted by Gasteiger charge is -2.19. The number of rotatable bonds is 5. The van der Waals surface area contributed by atoms with Gasteiger partial charge in [-0.25, -0.2) is 4.79 Å². The van der Waals surface area contributed by atoms with E-state index in [1.54, 1.807) is 18.2 Å². The lowest BCUT2D eigenvalue weighted by atomic mass is 9.97. The molecule has 0 aliphatic heterocycles. The first-order valence-corrected chi connectivity index (χ1v) is 10.6. The van der Waals surface area contributed by atoms with Crippen molar-refractivity contribution in [3.63, 3.8) is 0 Å². The number of hydrogen-bond donors (Lipinski definition) is 1. The van der Waals surface area contributed by atoms with E-state index in [9.17, 15) is 14.4 Å². The van der Waals surface area contributed by atoms with E-state index >= 15 is 0 Å². The number of esters is 1. The molecule has 1 unspecified atom stereocenters. The zero-order chi connectivity index (χ0) is 23.5. The van der Waals surface area contributed by atoms with Gasteiger partial charge in [-0.05, 0) is 48.6 Å². The third-order valence-electron chi connectivity index (χ3n) is 5.50. The average Bonchev–Trinajstić information content (AvgIpc) is 2.81. The first-order chi connectivity index (χ1) is 15.9. The van der Waals surface area contributed by atoms with Gasteiger partial charge in [-0.1, -0.05) is 60.7 Å². The standard InChI is InChI=1S/C27H24N2O4/c1-17-10-9-13-20(16-17)28-25(30)18(2)33-27(32)24-23(19-11-5-4-6-12-19)21-14-7-8-15-22(21)26(31)29(24)3/h4-16,18H,1-3H3,(H,28,30). The summed E-state index contributed by atoms with van der Waals surface area (Å²) in [4.78, 5) is 39.0. The Morgan fingerprint density at radius 3 is 2.27 bits per heavy atom. The van der Waals surface area contributed by atoms with Crippen LogP contribution in [0.4, 0.5) is 5.69 Å². The molecule has 6 heteroatoms. The molecule has 1 atom stereocenters. The van der Waals surface area contributed by atoms with Crippen LogP contribution in [-0.4, -0.2) is 22.5 Å². The van der Waals surface area contributed by atoms with Gasteiger partial charge < -0.3 is 14.6 Å². The predicted octanol–water partition coefficient (Wildman–Crippen LogP) is 4.70. The Balaban J connectivity index is 1.73. The molecule has 3 aromatic carbocycles. The summed E-state index contributed by atoms with van der Waals surface area (Å²) in [7, 11) is 1.54. The third-order valence-corrected chi connectivity index (χ3v) is 5.50. The van der Waals surface area contributed by atoms with Gasteiger partial charge in [0.1, 0.15) is 5.69 Å². The molecular formula is C27H24N2O4. The van der Waals surface area contributed by atoms with E-state index in [4.69, 9.17) is 4.74 Å². The molecule has 1 aromatic heterocycles. The molecule has 0 radical (unpaired) electrons. The average molecular weight is 440 g/mol. The molecule has 0 saturated carbocycles. The smallest absolute Gasteiger partial charge is 0.356 e. The third kappa shape index (κ3) is 4.41. The van der Waals surface area contributed by atoms with Crippen LogP contribution in [0.1, 0.15) is 23.0 Å². The summed E-state index contributed by atoms with van der Waals surface area (Å²) in [6.07, 6.45) is -1.07. The molecule has 1 amide bonds. The lowest BCUT2D eigenvalue weighted by molar-refractivity contribution is -0.123. The molecule has 0 aliphatic rings. The second kappa shape index (κ2) is 9.12. The first kappa shape index (κ1) is 22.0. The number of amides is 1. The molecular weight excluding hydrogens is 416 g/mol. The van der Waals surface area contributed by atoms with Crippen molar-refractivity contribution in [2.45, 2.75) is 20.0 Å². The minimum Gasteiger partial charge on any atom is -0.448 e. The van der Waals surface area contributed by atoms with Gasteiger partial charge in [0.15, 0.2) is 6.10 Å².